The van der Waals surface area contributed by atoms with E-state index in [9.17, 15) is 8.78 Å². The molecule has 3 rings (SSSR count). The number of pyridine rings is 1. The summed E-state index contributed by atoms with van der Waals surface area (Å²) in [5.41, 5.74) is 3.94. The molecule has 0 aliphatic carbocycles. The average Bonchev–Trinajstić information content (AvgIpc) is 2.90. The van der Waals surface area contributed by atoms with E-state index >= 15 is 0 Å². The summed E-state index contributed by atoms with van der Waals surface area (Å²) in [4.78, 5) is 4.40. The number of halogens is 2. The summed E-state index contributed by atoms with van der Waals surface area (Å²) in [5, 5.41) is 0. The van der Waals surface area contributed by atoms with E-state index in [2.05, 4.69) is 37.5 Å². The van der Waals surface area contributed by atoms with Crippen molar-refractivity contribution in [2.24, 2.45) is 0 Å². The van der Waals surface area contributed by atoms with Crippen molar-refractivity contribution >= 4 is 6.08 Å². The molecule has 2 nitrogen and oxygen atoms in total. The Hall–Kier alpha value is -3.11. The van der Waals surface area contributed by atoms with Crippen LogP contribution in [0.5, 0.6) is 0 Å². The molecule has 0 bridgehead atoms. The lowest BCUT2D eigenvalue weighted by atomic mass is 10.0. The van der Waals surface area contributed by atoms with Gasteiger partial charge in [-0.3, -0.25) is 4.98 Å². The van der Waals surface area contributed by atoms with Crippen LogP contribution < -0.4 is 0 Å². The fourth-order valence-corrected chi connectivity index (χ4v) is 4.07. The highest BCUT2D eigenvalue weighted by Crippen LogP contribution is 2.28. The Bertz CT molecular complexity index is 1120. The monoisotopic (exact) mass is 489 g/mol. The third-order valence-electron chi connectivity index (χ3n) is 6.25. The number of nitrogens with zero attached hydrogens (tertiary/aromatic N) is 1. The first-order valence-electron chi connectivity index (χ1n) is 13.0. The van der Waals surface area contributed by atoms with Gasteiger partial charge in [-0.25, -0.2) is 8.78 Å². The van der Waals surface area contributed by atoms with Crippen LogP contribution in [0.25, 0.3) is 28.5 Å². The van der Waals surface area contributed by atoms with Crippen LogP contribution in [-0.2, 0) is 11.2 Å². The molecule has 3 aromatic rings. The predicted molar refractivity (Wildman–Crippen MR) is 147 cm³/mol. The molecule has 0 aliphatic rings. The molecule has 1 heterocycles. The molecule has 0 aliphatic heterocycles. The summed E-state index contributed by atoms with van der Waals surface area (Å²) in [7, 11) is 0. The maximum atomic E-state index is 14.9. The molecule has 0 saturated heterocycles. The van der Waals surface area contributed by atoms with E-state index < -0.39 is 11.6 Å². The van der Waals surface area contributed by atoms with Crippen LogP contribution >= 0.6 is 0 Å². The van der Waals surface area contributed by atoms with E-state index in [1.54, 1.807) is 30.5 Å². The Morgan fingerprint density at radius 1 is 0.944 bits per heavy atom. The standard InChI is InChI=1S/C32H37F2NO/c1-4-6-10-22-36-24(3)12-8-7-9-13-27-18-20-29(32(34)31(27)33)30-21-19-28(23-35-30)26-16-14-25(11-5-2)15-17-26/h5,9,13-21,23-24H,2,4,6-8,10-12,22H2,1,3H3/b13-9+. The lowest BCUT2D eigenvalue weighted by Crippen LogP contribution is -2.08. The molecule has 2 aromatic carbocycles. The molecule has 0 radical (unpaired) electrons. The van der Waals surface area contributed by atoms with E-state index in [1.165, 1.54) is 18.4 Å². The summed E-state index contributed by atoms with van der Waals surface area (Å²) in [6.07, 6.45) is 14.3. The smallest absolute Gasteiger partial charge is 0.168 e. The summed E-state index contributed by atoms with van der Waals surface area (Å²) in [6, 6.07) is 15.0. The first-order valence-corrected chi connectivity index (χ1v) is 13.0. The molecule has 190 valence electrons. The van der Waals surface area contributed by atoms with Crippen LogP contribution in [0.15, 0.2) is 73.5 Å². The van der Waals surface area contributed by atoms with Gasteiger partial charge in [0.15, 0.2) is 11.6 Å². The van der Waals surface area contributed by atoms with Crippen LogP contribution in [0.4, 0.5) is 8.78 Å². The van der Waals surface area contributed by atoms with Gasteiger partial charge in [-0.2, -0.15) is 0 Å². The fraction of sp³-hybridized carbons (Fsp3) is 0.344. The van der Waals surface area contributed by atoms with Gasteiger partial charge in [-0.15, -0.1) is 6.58 Å². The largest absolute Gasteiger partial charge is 0.379 e. The highest BCUT2D eigenvalue weighted by atomic mass is 19.2. The first kappa shape index (κ1) is 27.5. The Balaban J connectivity index is 1.57. The van der Waals surface area contributed by atoms with E-state index in [4.69, 9.17) is 4.74 Å². The summed E-state index contributed by atoms with van der Waals surface area (Å²) in [5.74, 6) is -1.72. The fourth-order valence-electron chi connectivity index (χ4n) is 4.07. The third-order valence-corrected chi connectivity index (χ3v) is 6.25. The van der Waals surface area contributed by atoms with Crippen molar-refractivity contribution in [3.05, 3.63) is 96.2 Å². The Morgan fingerprint density at radius 2 is 1.72 bits per heavy atom. The minimum absolute atomic E-state index is 0.159. The molecule has 4 heteroatoms. The number of hydrogen-bond donors (Lipinski definition) is 0. The van der Waals surface area contributed by atoms with Gasteiger partial charge in [0.05, 0.1) is 11.8 Å². The maximum absolute atomic E-state index is 14.9. The minimum atomic E-state index is -0.875. The van der Waals surface area contributed by atoms with Crippen molar-refractivity contribution in [1.82, 2.24) is 4.98 Å². The van der Waals surface area contributed by atoms with Crippen LogP contribution in [0, 0.1) is 11.6 Å². The van der Waals surface area contributed by atoms with Crippen molar-refractivity contribution in [2.45, 2.75) is 64.9 Å². The minimum Gasteiger partial charge on any atom is -0.379 e. The number of unbranched alkanes of at least 4 members (excludes halogenated alkanes) is 3. The zero-order valence-corrected chi connectivity index (χ0v) is 21.5. The van der Waals surface area contributed by atoms with Gasteiger partial charge in [0.25, 0.3) is 0 Å². The van der Waals surface area contributed by atoms with Gasteiger partial charge < -0.3 is 4.74 Å². The molecule has 0 spiro atoms. The van der Waals surface area contributed by atoms with Crippen LogP contribution in [0.1, 0.15) is 63.5 Å². The summed E-state index contributed by atoms with van der Waals surface area (Å²) in [6.45, 7) is 8.83. The molecule has 0 amide bonds. The molecule has 1 atom stereocenters. The lowest BCUT2D eigenvalue weighted by Gasteiger charge is -2.12. The summed E-state index contributed by atoms with van der Waals surface area (Å²) < 4.78 is 35.4. The van der Waals surface area contributed by atoms with E-state index in [0.717, 1.165) is 49.8 Å². The van der Waals surface area contributed by atoms with E-state index in [-0.39, 0.29) is 17.2 Å². The van der Waals surface area contributed by atoms with Gasteiger partial charge in [-0.1, -0.05) is 74.4 Å². The van der Waals surface area contributed by atoms with Crippen LogP contribution in [0.3, 0.4) is 0 Å². The Kier molecular flexibility index (Phi) is 11.0. The molecular weight excluding hydrogens is 452 g/mol. The molecule has 36 heavy (non-hydrogen) atoms. The topological polar surface area (TPSA) is 22.1 Å². The van der Waals surface area contributed by atoms with E-state index in [0.29, 0.717) is 5.69 Å². The molecule has 0 saturated carbocycles. The van der Waals surface area contributed by atoms with Gasteiger partial charge in [0.2, 0.25) is 0 Å². The average molecular weight is 490 g/mol. The lowest BCUT2D eigenvalue weighted by molar-refractivity contribution is 0.0566. The number of aromatic nitrogens is 1. The van der Waals surface area contributed by atoms with Crippen molar-refractivity contribution in [3.8, 4) is 22.4 Å². The first-order chi connectivity index (χ1) is 17.5. The van der Waals surface area contributed by atoms with Crippen LogP contribution in [0.2, 0.25) is 0 Å². The summed E-state index contributed by atoms with van der Waals surface area (Å²) >= 11 is 0. The van der Waals surface area contributed by atoms with Gasteiger partial charge in [0, 0.05) is 29.5 Å². The van der Waals surface area contributed by atoms with Crippen molar-refractivity contribution in [1.29, 1.82) is 0 Å². The zero-order valence-electron chi connectivity index (χ0n) is 21.5. The Labute approximate surface area is 214 Å². The number of allylic oxidation sites excluding steroid dienone is 2. The second kappa shape index (κ2) is 14.4. The van der Waals surface area contributed by atoms with Crippen molar-refractivity contribution in [3.63, 3.8) is 0 Å². The van der Waals surface area contributed by atoms with Gasteiger partial charge >= 0.3 is 0 Å². The highest BCUT2D eigenvalue weighted by molar-refractivity contribution is 5.68. The normalized spacial score (nSPS) is 12.2. The maximum Gasteiger partial charge on any atom is 0.168 e. The number of hydrogen-bond acceptors (Lipinski definition) is 2. The van der Waals surface area contributed by atoms with Crippen molar-refractivity contribution in [2.75, 3.05) is 6.61 Å². The zero-order chi connectivity index (χ0) is 25.8. The Morgan fingerprint density at radius 3 is 2.42 bits per heavy atom. The number of ether oxygens (including phenoxy) is 1. The van der Waals surface area contributed by atoms with E-state index in [1.807, 2.05) is 30.4 Å². The highest BCUT2D eigenvalue weighted by Gasteiger charge is 2.14. The van der Waals surface area contributed by atoms with Crippen LogP contribution in [-0.4, -0.2) is 17.7 Å². The molecule has 0 fully saturated rings. The second-order valence-electron chi connectivity index (χ2n) is 9.17. The molecule has 1 aromatic heterocycles. The second-order valence-corrected chi connectivity index (χ2v) is 9.17. The van der Waals surface area contributed by atoms with Crippen molar-refractivity contribution < 1.29 is 13.5 Å². The third kappa shape index (κ3) is 7.96. The molecular formula is C32H37F2NO. The number of benzene rings is 2. The number of rotatable bonds is 14. The SMILES string of the molecule is C=CCc1ccc(-c2ccc(-c3ccc(/C=C/CCCC(C)OCCCCC)c(F)c3F)nc2)cc1. The van der Waals surface area contributed by atoms with Gasteiger partial charge in [-0.05, 0) is 62.3 Å². The predicted octanol–water partition coefficient (Wildman–Crippen LogP) is 9.20. The quantitative estimate of drug-likeness (QED) is 0.166. The molecule has 0 N–H and O–H groups in total. The molecule has 1 unspecified atom stereocenters. The van der Waals surface area contributed by atoms with Gasteiger partial charge in [0.1, 0.15) is 0 Å².